The predicted octanol–water partition coefficient (Wildman–Crippen LogP) is 3.10. The summed E-state index contributed by atoms with van der Waals surface area (Å²) >= 11 is 6.22. The number of thioether (sulfide) groups is 1. The third-order valence-electron chi connectivity index (χ3n) is 3.80. The van der Waals surface area contributed by atoms with Crippen LogP contribution in [0.2, 0.25) is 0 Å². The Morgan fingerprint density at radius 3 is 2.75 bits per heavy atom. The number of hydrogen-bond acceptors (Lipinski definition) is 8. The number of sulfone groups is 1. The number of nitrogens with zero attached hydrogens (tertiary/aromatic N) is 2. The van der Waals surface area contributed by atoms with Crippen molar-refractivity contribution in [3.8, 4) is 11.3 Å². The van der Waals surface area contributed by atoms with Crippen LogP contribution in [0.25, 0.3) is 17.4 Å². The summed E-state index contributed by atoms with van der Waals surface area (Å²) < 4.78 is 28.6. The van der Waals surface area contributed by atoms with E-state index >= 15 is 0 Å². The Labute approximate surface area is 170 Å². The summed E-state index contributed by atoms with van der Waals surface area (Å²) in [6, 6.07) is 9.30. The van der Waals surface area contributed by atoms with Crippen molar-refractivity contribution in [2.45, 2.75) is 0 Å². The van der Waals surface area contributed by atoms with Gasteiger partial charge in [0.15, 0.2) is 0 Å². The zero-order chi connectivity index (χ0) is 20.5. The molecule has 1 aliphatic heterocycles. The van der Waals surface area contributed by atoms with Gasteiger partial charge >= 0.3 is 0 Å². The van der Waals surface area contributed by atoms with Crippen LogP contribution < -0.4 is 0 Å². The van der Waals surface area contributed by atoms with Gasteiger partial charge in [0.25, 0.3) is 11.6 Å². The van der Waals surface area contributed by atoms with Gasteiger partial charge in [-0.05, 0) is 12.1 Å². The smallest absolute Gasteiger partial charge is 0.270 e. The highest BCUT2D eigenvalue weighted by atomic mass is 32.2. The van der Waals surface area contributed by atoms with Gasteiger partial charge in [-0.15, -0.1) is 0 Å². The quantitative estimate of drug-likeness (QED) is 0.293. The summed E-state index contributed by atoms with van der Waals surface area (Å²) in [5, 5.41) is 10.9. The third kappa shape index (κ3) is 4.66. The maximum atomic E-state index is 12.5. The largest absolute Gasteiger partial charge is 0.457 e. The van der Waals surface area contributed by atoms with Crippen LogP contribution in [0.5, 0.6) is 0 Å². The minimum absolute atomic E-state index is 0.00206. The highest BCUT2D eigenvalue weighted by Crippen LogP contribution is 2.33. The molecule has 0 atom stereocenters. The zero-order valence-corrected chi connectivity index (χ0v) is 17.0. The number of thiocarbonyl (C=S) groups is 1. The third-order valence-corrected chi connectivity index (χ3v) is 6.10. The topological polar surface area (TPSA) is 111 Å². The van der Waals surface area contributed by atoms with Crippen LogP contribution in [0.15, 0.2) is 45.7 Å². The first kappa shape index (κ1) is 20.2. The van der Waals surface area contributed by atoms with Gasteiger partial charge in [0.1, 0.15) is 25.7 Å². The fourth-order valence-electron chi connectivity index (χ4n) is 2.44. The molecule has 0 N–H and O–H groups in total. The van der Waals surface area contributed by atoms with Crippen molar-refractivity contribution in [3.05, 3.63) is 57.2 Å². The molecule has 0 unspecified atom stereocenters. The number of hydrogen-bond donors (Lipinski definition) is 0. The standard InChI is InChI=1S/C17H14N2O6S3/c1-28(23,24)8-7-18-16(20)15(27-17(18)26)10-13-5-6-14(25-13)11-3-2-4-12(9-11)19(21)22/h2-6,9-10H,7-8H2,1H3/b15-10+. The van der Waals surface area contributed by atoms with E-state index in [-0.39, 0.29) is 28.2 Å². The van der Waals surface area contributed by atoms with E-state index in [4.69, 9.17) is 16.6 Å². The van der Waals surface area contributed by atoms with E-state index in [9.17, 15) is 23.3 Å². The Bertz CT molecular complexity index is 1100. The van der Waals surface area contributed by atoms with E-state index in [1.807, 2.05) is 0 Å². The maximum Gasteiger partial charge on any atom is 0.270 e. The second-order valence-electron chi connectivity index (χ2n) is 5.97. The molecule has 0 aliphatic carbocycles. The van der Waals surface area contributed by atoms with Crippen molar-refractivity contribution in [1.82, 2.24) is 4.90 Å². The van der Waals surface area contributed by atoms with E-state index < -0.39 is 14.8 Å². The van der Waals surface area contributed by atoms with Crippen molar-refractivity contribution < 1.29 is 22.6 Å². The first-order chi connectivity index (χ1) is 13.1. The first-order valence-electron chi connectivity index (χ1n) is 7.92. The SMILES string of the molecule is CS(=O)(=O)CCN1C(=O)/C(=C\c2ccc(-c3cccc([N+](=O)[O-])c3)o2)SC1=S. The Kier molecular flexibility index (Phi) is 5.68. The number of carbonyl (C=O) groups excluding carboxylic acids is 1. The minimum atomic E-state index is -3.22. The fourth-order valence-corrected chi connectivity index (χ4v) is 4.24. The summed E-state index contributed by atoms with van der Waals surface area (Å²) in [6.45, 7) is -0.00206. The van der Waals surface area contributed by atoms with Gasteiger partial charge in [-0.25, -0.2) is 8.42 Å². The molecule has 1 fully saturated rings. The monoisotopic (exact) mass is 438 g/mol. The Morgan fingerprint density at radius 1 is 1.32 bits per heavy atom. The molecule has 1 aliphatic rings. The number of carbonyl (C=O) groups is 1. The molecule has 2 heterocycles. The molecule has 0 bridgehead atoms. The Hall–Kier alpha value is -2.50. The minimum Gasteiger partial charge on any atom is -0.457 e. The first-order valence-corrected chi connectivity index (χ1v) is 11.2. The molecular weight excluding hydrogens is 424 g/mol. The average Bonchev–Trinajstić information content (AvgIpc) is 3.18. The number of benzene rings is 1. The van der Waals surface area contributed by atoms with E-state index in [1.165, 1.54) is 23.1 Å². The van der Waals surface area contributed by atoms with Gasteiger partial charge in [0, 0.05) is 36.6 Å². The van der Waals surface area contributed by atoms with Crippen LogP contribution in [0, 0.1) is 10.1 Å². The highest BCUT2D eigenvalue weighted by molar-refractivity contribution is 8.26. The second kappa shape index (κ2) is 7.86. The lowest BCUT2D eigenvalue weighted by atomic mass is 10.1. The van der Waals surface area contributed by atoms with Crippen LogP contribution >= 0.6 is 24.0 Å². The molecule has 0 radical (unpaired) electrons. The molecule has 1 saturated heterocycles. The van der Waals surface area contributed by atoms with Gasteiger partial charge in [-0.3, -0.25) is 19.8 Å². The van der Waals surface area contributed by atoms with Crippen molar-refractivity contribution in [3.63, 3.8) is 0 Å². The van der Waals surface area contributed by atoms with Gasteiger partial charge in [0.05, 0.1) is 15.6 Å². The summed E-state index contributed by atoms with van der Waals surface area (Å²) in [4.78, 5) is 24.4. The summed E-state index contributed by atoms with van der Waals surface area (Å²) in [6.07, 6.45) is 2.61. The van der Waals surface area contributed by atoms with Crippen LogP contribution in [0.4, 0.5) is 5.69 Å². The number of furan rings is 1. The van der Waals surface area contributed by atoms with E-state index in [1.54, 1.807) is 24.3 Å². The molecule has 0 saturated carbocycles. The predicted molar refractivity (Wildman–Crippen MR) is 110 cm³/mol. The van der Waals surface area contributed by atoms with Gasteiger partial charge < -0.3 is 4.42 Å². The molecule has 146 valence electrons. The summed E-state index contributed by atoms with van der Waals surface area (Å²) in [5.41, 5.74) is 0.483. The van der Waals surface area contributed by atoms with E-state index in [0.29, 0.717) is 22.0 Å². The molecule has 1 aromatic carbocycles. The average molecular weight is 439 g/mol. The normalized spacial score (nSPS) is 16.2. The van der Waals surface area contributed by atoms with Crippen LogP contribution in [0.1, 0.15) is 5.76 Å². The molecule has 8 nitrogen and oxygen atoms in total. The van der Waals surface area contributed by atoms with Crippen molar-refractivity contribution in [2.75, 3.05) is 18.6 Å². The lowest BCUT2D eigenvalue weighted by Gasteiger charge is -2.12. The molecule has 3 rings (SSSR count). The van der Waals surface area contributed by atoms with E-state index in [2.05, 4.69) is 0 Å². The Balaban J connectivity index is 1.80. The van der Waals surface area contributed by atoms with Gasteiger partial charge in [0.2, 0.25) is 0 Å². The van der Waals surface area contributed by atoms with Crippen molar-refractivity contribution in [1.29, 1.82) is 0 Å². The maximum absolute atomic E-state index is 12.5. The van der Waals surface area contributed by atoms with Crippen LogP contribution in [0.3, 0.4) is 0 Å². The van der Waals surface area contributed by atoms with E-state index in [0.717, 1.165) is 18.0 Å². The molecule has 2 aromatic rings. The number of non-ortho nitro benzene ring substituents is 1. The van der Waals surface area contributed by atoms with Gasteiger partial charge in [-0.2, -0.15) is 0 Å². The van der Waals surface area contributed by atoms with Crippen LogP contribution in [-0.2, 0) is 14.6 Å². The van der Waals surface area contributed by atoms with Gasteiger partial charge in [-0.1, -0.05) is 36.1 Å². The lowest BCUT2D eigenvalue weighted by molar-refractivity contribution is -0.384. The fraction of sp³-hybridized carbons (Fsp3) is 0.176. The summed E-state index contributed by atoms with van der Waals surface area (Å²) in [7, 11) is -3.22. The highest BCUT2D eigenvalue weighted by Gasteiger charge is 2.32. The number of amides is 1. The molecule has 28 heavy (non-hydrogen) atoms. The molecule has 1 aromatic heterocycles. The lowest BCUT2D eigenvalue weighted by Crippen LogP contribution is -2.32. The number of nitro benzene ring substituents is 1. The molecule has 11 heteroatoms. The molecule has 1 amide bonds. The number of nitro groups is 1. The number of rotatable bonds is 6. The molecule has 0 spiro atoms. The summed E-state index contributed by atoms with van der Waals surface area (Å²) in [5.74, 6) is 0.240. The van der Waals surface area contributed by atoms with Crippen LogP contribution in [-0.4, -0.2) is 47.0 Å². The van der Waals surface area contributed by atoms with Crippen molar-refractivity contribution >= 4 is 55.8 Å². The second-order valence-corrected chi connectivity index (χ2v) is 9.91. The Morgan fingerprint density at radius 2 is 2.07 bits per heavy atom. The zero-order valence-electron chi connectivity index (χ0n) is 14.5. The van der Waals surface area contributed by atoms with Crippen molar-refractivity contribution in [2.24, 2.45) is 0 Å². The molecular formula is C17H14N2O6S3.